The third-order valence-electron chi connectivity index (χ3n) is 2.24. The molecule has 0 saturated carbocycles. The number of likely N-dealkylation sites (N-methyl/N-ethyl adjacent to an activating group) is 1. The van der Waals surface area contributed by atoms with E-state index in [1.807, 2.05) is 0 Å². The van der Waals surface area contributed by atoms with E-state index in [9.17, 15) is 9.59 Å². The predicted molar refractivity (Wildman–Crippen MR) is 57.1 cm³/mol. The van der Waals surface area contributed by atoms with Crippen LogP contribution in [0.25, 0.3) is 0 Å². The molecule has 0 rings (SSSR count). The van der Waals surface area contributed by atoms with Gasteiger partial charge in [0.1, 0.15) is 0 Å². The second-order valence-corrected chi connectivity index (χ2v) is 3.52. The molecule has 0 atom stereocenters. The average molecular weight is 199 g/mol. The van der Waals surface area contributed by atoms with Crippen molar-refractivity contribution in [1.82, 2.24) is 5.32 Å². The van der Waals surface area contributed by atoms with E-state index < -0.39 is 5.91 Å². The van der Waals surface area contributed by atoms with Gasteiger partial charge in [0.25, 0.3) is 5.91 Å². The molecule has 0 aromatic rings. The number of hydrogen-bond acceptors (Lipinski definition) is 2. The smallest absolute Gasteiger partial charge is 0.287 e. The maximum atomic E-state index is 11.1. The normalized spacial score (nSPS) is 9.86. The highest BCUT2D eigenvalue weighted by molar-refractivity contribution is 6.36. The number of Topliss-reactive ketones (excluding diaryl/α,β-unsaturated/α-hetero) is 1. The Balaban J connectivity index is 3.27. The summed E-state index contributed by atoms with van der Waals surface area (Å²) in [5.74, 6) is -0.749. The van der Waals surface area contributed by atoms with Gasteiger partial charge in [-0.2, -0.15) is 0 Å². The van der Waals surface area contributed by atoms with Crippen LogP contribution in [-0.4, -0.2) is 18.7 Å². The number of amides is 1. The molecular weight excluding hydrogens is 178 g/mol. The molecule has 14 heavy (non-hydrogen) atoms. The second kappa shape index (κ2) is 8.73. The highest BCUT2D eigenvalue weighted by atomic mass is 16.2. The molecule has 0 heterocycles. The van der Waals surface area contributed by atoms with Gasteiger partial charge in [-0.3, -0.25) is 9.59 Å². The van der Waals surface area contributed by atoms with Crippen molar-refractivity contribution < 1.29 is 9.59 Å². The molecule has 0 radical (unpaired) electrons. The second-order valence-electron chi connectivity index (χ2n) is 3.52. The molecule has 0 aliphatic rings. The Morgan fingerprint density at radius 1 is 1.00 bits per heavy atom. The highest BCUT2D eigenvalue weighted by Gasteiger charge is 2.09. The molecule has 0 aromatic carbocycles. The van der Waals surface area contributed by atoms with Crippen LogP contribution in [0.15, 0.2) is 0 Å². The Morgan fingerprint density at radius 3 is 2.14 bits per heavy atom. The van der Waals surface area contributed by atoms with Crippen molar-refractivity contribution in [2.75, 3.05) is 7.05 Å². The summed E-state index contributed by atoms with van der Waals surface area (Å²) < 4.78 is 0. The third-order valence-corrected chi connectivity index (χ3v) is 2.24. The number of carbonyl (C=O) groups is 2. The minimum absolute atomic E-state index is 0.289. The van der Waals surface area contributed by atoms with Crippen LogP contribution >= 0.6 is 0 Å². The van der Waals surface area contributed by atoms with E-state index in [0.29, 0.717) is 6.42 Å². The van der Waals surface area contributed by atoms with Crippen LogP contribution in [0.3, 0.4) is 0 Å². The minimum Gasteiger partial charge on any atom is -0.353 e. The lowest BCUT2D eigenvalue weighted by Crippen LogP contribution is -2.27. The molecule has 0 spiro atoms. The van der Waals surface area contributed by atoms with Gasteiger partial charge in [0, 0.05) is 13.5 Å². The first-order valence-electron chi connectivity index (χ1n) is 5.47. The van der Waals surface area contributed by atoms with Crippen LogP contribution in [-0.2, 0) is 9.59 Å². The summed E-state index contributed by atoms with van der Waals surface area (Å²) in [6.45, 7) is 2.18. The molecule has 3 nitrogen and oxygen atoms in total. The number of hydrogen-bond donors (Lipinski definition) is 1. The first-order chi connectivity index (χ1) is 6.72. The summed E-state index contributed by atoms with van der Waals surface area (Å²) in [5, 5.41) is 2.34. The van der Waals surface area contributed by atoms with Crippen LogP contribution < -0.4 is 5.32 Å². The van der Waals surface area contributed by atoms with Gasteiger partial charge in [0.15, 0.2) is 0 Å². The van der Waals surface area contributed by atoms with Gasteiger partial charge in [-0.15, -0.1) is 0 Å². The molecule has 3 heteroatoms. The Bertz CT molecular complexity index is 178. The van der Waals surface area contributed by atoms with Crippen molar-refractivity contribution in [1.29, 1.82) is 0 Å². The lowest BCUT2D eigenvalue weighted by molar-refractivity contribution is -0.137. The summed E-state index contributed by atoms with van der Waals surface area (Å²) in [4.78, 5) is 21.9. The van der Waals surface area contributed by atoms with Crippen LogP contribution in [0.5, 0.6) is 0 Å². The molecule has 0 fully saturated rings. The van der Waals surface area contributed by atoms with Gasteiger partial charge in [-0.1, -0.05) is 39.0 Å². The summed E-state index contributed by atoms with van der Waals surface area (Å²) in [7, 11) is 1.49. The standard InChI is InChI=1S/C11H21NO2/c1-3-4-5-6-7-8-9-10(13)11(14)12-2/h3-9H2,1-2H3,(H,12,14). The molecule has 0 saturated heterocycles. The quantitative estimate of drug-likeness (QED) is 0.480. The number of carbonyl (C=O) groups excluding carboxylic acids is 2. The fraction of sp³-hybridized carbons (Fsp3) is 0.818. The van der Waals surface area contributed by atoms with Crippen LogP contribution in [0.2, 0.25) is 0 Å². The van der Waals surface area contributed by atoms with Crippen LogP contribution in [0, 0.1) is 0 Å². The zero-order chi connectivity index (χ0) is 10.8. The van der Waals surface area contributed by atoms with Crippen molar-refractivity contribution in [2.24, 2.45) is 0 Å². The lowest BCUT2D eigenvalue weighted by atomic mass is 10.1. The van der Waals surface area contributed by atoms with Gasteiger partial charge < -0.3 is 5.32 Å². The number of nitrogens with one attached hydrogen (secondary N) is 1. The van der Waals surface area contributed by atoms with Crippen molar-refractivity contribution in [3.8, 4) is 0 Å². The molecular formula is C11H21NO2. The summed E-state index contributed by atoms with van der Waals surface area (Å²) in [5.41, 5.74) is 0. The molecule has 0 aliphatic heterocycles. The number of ketones is 1. The van der Waals surface area contributed by atoms with E-state index >= 15 is 0 Å². The fourth-order valence-corrected chi connectivity index (χ4v) is 1.32. The van der Waals surface area contributed by atoms with Crippen molar-refractivity contribution >= 4 is 11.7 Å². The zero-order valence-electron chi connectivity index (χ0n) is 9.27. The largest absolute Gasteiger partial charge is 0.353 e. The summed E-state index contributed by atoms with van der Waals surface area (Å²) in [6.07, 6.45) is 7.21. The van der Waals surface area contributed by atoms with Gasteiger partial charge in [-0.25, -0.2) is 0 Å². The van der Waals surface area contributed by atoms with E-state index in [0.717, 1.165) is 12.8 Å². The summed E-state index contributed by atoms with van der Waals surface area (Å²) >= 11 is 0. The SMILES string of the molecule is CCCCCCCCC(=O)C(=O)NC. The van der Waals surface area contributed by atoms with Crippen molar-refractivity contribution in [3.05, 3.63) is 0 Å². The molecule has 1 N–H and O–H groups in total. The van der Waals surface area contributed by atoms with Gasteiger partial charge >= 0.3 is 0 Å². The lowest BCUT2D eigenvalue weighted by Gasteiger charge is -2.00. The maximum absolute atomic E-state index is 11.1. The summed E-state index contributed by atoms with van der Waals surface area (Å²) in [6, 6.07) is 0. The first kappa shape index (κ1) is 13.1. The van der Waals surface area contributed by atoms with Gasteiger partial charge in [0.05, 0.1) is 0 Å². The molecule has 0 aliphatic carbocycles. The Kier molecular flexibility index (Phi) is 8.19. The molecule has 82 valence electrons. The van der Waals surface area contributed by atoms with E-state index in [1.165, 1.54) is 32.7 Å². The third kappa shape index (κ3) is 6.63. The molecule has 0 unspecified atom stereocenters. The fourth-order valence-electron chi connectivity index (χ4n) is 1.32. The van der Waals surface area contributed by atoms with E-state index in [4.69, 9.17) is 0 Å². The molecule has 0 bridgehead atoms. The van der Waals surface area contributed by atoms with E-state index in [-0.39, 0.29) is 5.78 Å². The van der Waals surface area contributed by atoms with Gasteiger partial charge in [0.2, 0.25) is 5.78 Å². The van der Waals surface area contributed by atoms with Crippen molar-refractivity contribution in [3.63, 3.8) is 0 Å². The van der Waals surface area contributed by atoms with E-state index in [2.05, 4.69) is 12.2 Å². The monoisotopic (exact) mass is 199 g/mol. The Labute approximate surface area is 86.3 Å². The molecule has 0 aromatic heterocycles. The Hall–Kier alpha value is -0.860. The highest BCUT2D eigenvalue weighted by Crippen LogP contribution is 2.06. The van der Waals surface area contributed by atoms with Crippen LogP contribution in [0.1, 0.15) is 51.9 Å². The van der Waals surface area contributed by atoms with Crippen LogP contribution in [0.4, 0.5) is 0 Å². The minimum atomic E-state index is -0.460. The zero-order valence-corrected chi connectivity index (χ0v) is 9.27. The van der Waals surface area contributed by atoms with E-state index in [1.54, 1.807) is 0 Å². The topological polar surface area (TPSA) is 46.2 Å². The van der Waals surface area contributed by atoms with Crippen molar-refractivity contribution in [2.45, 2.75) is 51.9 Å². The Morgan fingerprint density at radius 2 is 1.57 bits per heavy atom. The number of unbranched alkanes of at least 4 members (excludes halogenated alkanes) is 5. The number of rotatable bonds is 8. The predicted octanol–water partition coefficient (Wildman–Crippen LogP) is 2.05. The first-order valence-corrected chi connectivity index (χ1v) is 5.47. The van der Waals surface area contributed by atoms with Gasteiger partial charge in [-0.05, 0) is 6.42 Å². The average Bonchev–Trinajstić information content (AvgIpc) is 2.21. The molecule has 1 amide bonds. The maximum Gasteiger partial charge on any atom is 0.287 e.